The van der Waals surface area contributed by atoms with E-state index in [9.17, 15) is 0 Å². The van der Waals surface area contributed by atoms with Gasteiger partial charge in [-0.25, -0.2) is 0 Å². The number of aryl methyl sites for hydroxylation is 1. The van der Waals surface area contributed by atoms with Gasteiger partial charge in [-0.2, -0.15) is 0 Å². The Hall–Kier alpha value is -1.24. The lowest BCUT2D eigenvalue weighted by atomic mass is 9.20. The van der Waals surface area contributed by atoms with Gasteiger partial charge in [0.15, 0.2) is 6.71 Å². The van der Waals surface area contributed by atoms with Crippen molar-refractivity contribution in [3.05, 3.63) is 47.0 Å². The number of hydrogen-bond donors (Lipinski definition) is 0. The smallest absolute Gasteiger partial charge is 0.0846 e. The first-order chi connectivity index (χ1) is 8.78. The standard InChI is InChI=1S/C18H23B/c1-12-10-11-15-16-13(12)8-7-9-14(16)17(2,3)19(6)18(15,4)5/h7-11H,1-6H3. The lowest BCUT2D eigenvalue weighted by molar-refractivity contribution is 0.630. The topological polar surface area (TPSA) is 0 Å². The summed E-state index contributed by atoms with van der Waals surface area (Å²) in [5, 5.41) is 3.40. The van der Waals surface area contributed by atoms with Crippen molar-refractivity contribution in [3.8, 4) is 0 Å². The molecule has 98 valence electrons. The van der Waals surface area contributed by atoms with Crippen LogP contribution in [0.25, 0.3) is 10.8 Å². The maximum absolute atomic E-state index is 2.40. The Labute approximate surface area is 117 Å². The molecule has 0 N–H and O–H groups in total. The second-order valence-corrected chi connectivity index (χ2v) is 7.32. The molecule has 0 fully saturated rings. The van der Waals surface area contributed by atoms with E-state index in [-0.39, 0.29) is 10.6 Å². The normalized spacial score (nSPS) is 19.8. The predicted molar refractivity (Wildman–Crippen MR) is 86.4 cm³/mol. The molecule has 2 aromatic rings. The van der Waals surface area contributed by atoms with Gasteiger partial charge in [0.1, 0.15) is 0 Å². The van der Waals surface area contributed by atoms with Gasteiger partial charge >= 0.3 is 0 Å². The highest BCUT2D eigenvalue weighted by molar-refractivity contribution is 6.65. The lowest BCUT2D eigenvalue weighted by Crippen LogP contribution is -2.52. The molecule has 0 saturated carbocycles. The Morgan fingerprint density at radius 3 is 2.05 bits per heavy atom. The molecule has 3 rings (SSSR count). The summed E-state index contributed by atoms with van der Waals surface area (Å²) in [6.07, 6.45) is 0. The zero-order valence-electron chi connectivity index (χ0n) is 13.0. The van der Waals surface area contributed by atoms with Crippen LogP contribution in [0.2, 0.25) is 6.82 Å². The predicted octanol–water partition coefficient (Wildman–Crippen LogP) is 4.92. The number of rotatable bonds is 0. The SMILES string of the molecule is CB1C(C)(C)c2cccc3c(C)ccc(c23)C1(C)C. The summed E-state index contributed by atoms with van der Waals surface area (Å²) in [5.41, 5.74) is 4.44. The molecule has 0 aliphatic carbocycles. The van der Waals surface area contributed by atoms with E-state index >= 15 is 0 Å². The van der Waals surface area contributed by atoms with E-state index in [4.69, 9.17) is 0 Å². The largest absolute Gasteiger partial charge is 0.159 e. The van der Waals surface area contributed by atoms with Crippen LogP contribution in [0.1, 0.15) is 44.4 Å². The second-order valence-electron chi connectivity index (χ2n) is 7.32. The molecule has 0 amide bonds. The van der Waals surface area contributed by atoms with Crippen LogP contribution in [0.4, 0.5) is 0 Å². The third-order valence-corrected chi connectivity index (χ3v) is 5.81. The van der Waals surface area contributed by atoms with Crippen LogP contribution in [0, 0.1) is 6.92 Å². The van der Waals surface area contributed by atoms with Crippen LogP contribution in [0.15, 0.2) is 30.3 Å². The molecule has 0 unspecified atom stereocenters. The first-order valence-electron chi connectivity index (χ1n) is 7.31. The van der Waals surface area contributed by atoms with Gasteiger partial charge < -0.3 is 0 Å². The van der Waals surface area contributed by atoms with Crippen LogP contribution in [-0.4, -0.2) is 6.71 Å². The first kappa shape index (κ1) is 12.8. The van der Waals surface area contributed by atoms with Crippen LogP contribution < -0.4 is 0 Å². The quantitative estimate of drug-likeness (QED) is 0.582. The molecule has 0 spiro atoms. The third kappa shape index (κ3) is 1.48. The van der Waals surface area contributed by atoms with Crippen molar-refractivity contribution in [1.29, 1.82) is 0 Å². The van der Waals surface area contributed by atoms with Gasteiger partial charge in [-0.1, -0.05) is 64.8 Å². The molecule has 0 bridgehead atoms. The highest BCUT2D eigenvalue weighted by Crippen LogP contribution is 2.48. The van der Waals surface area contributed by atoms with Gasteiger partial charge in [0.25, 0.3) is 0 Å². The zero-order chi connectivity index (χ0) is 14.0. The van der Waals surface area contributed by atoms with E-state index in [0.717, 1.165) is 0 Å². The summed E-state index contributed by atoms with van der Waals surface area (Å²) in [7, 11) is 0. The maximum atomic E-state index is 2.40. The first-order valence-corrected chi connectivity index (χ1v) is 7.31. The van der Waals surface area contributed by atoms with Crippen LogP contribution >= 0.6 is 0 Å². The molecule has 1 aliphatic rings. The van der Waals surface area contributed by atoms with E-state index in [0.29, 0.717) is 6.71 Å². The second kappa shape index (κ2) is 3.65. The highest BCUT2D eigenvalue weighted by atomic mass is 14.3. The van der Waals surface area contributed by atoms with Crippen molar-refractivity contribution in [2.75, 3.05) is 0 Å². The average molecular weight is 250 g/mol. The van der Waals surface area contributed by atoms with Crippen molar-refractivity contribution in [2.24, 2.45) is 0 Å². The summed E-state index contributed by atoms with van der Waals surface area (Å²) in [5.74, 6) is 0. The molecule has 1 heterocycles. The average Bonchev–Trinajstić information content (AvgIpc) is 2.36. The highest BCUT2D eigenvalue weighted by Gasteiger charge is 2.47. The van der Waals surface area contributed by atoms with Gasteiger partial charge in [0.05, 0.1) is 0 Å². The van der Waals surface area contributed by atoms with Crippen molar-refractivity contribution in [1.82, 2.24) is 0 Å². The summed E-state index contributed by atoms with van der Waals surface area (Å²) in [6, 6.07) is 11.5. The molecule has 0 atom stereocenters. The molecule has 2 aromatic carbocycles. The minimum Gasteiger partial charge on any atom is -0.0846 e. The van der Waals surface area contributed by atoms with Gasteiger partial charge in [0.2, 0.25) is 0 Å². The van der Waals surface area contributed by atoms with Crippen LogP contribution in [0.3, 0.4) is 0 Å². The Morgan fingerprint density at radius 2 is 1.42 bits per heavy atom. The van der Waals surface area contributed by atoms with Gasteiger partial charge in [0, 0.05) is 0 Å². The summed E-state index contributed by atoms with van der Waals surface area (Å²) < 4.78 is 0. The van der Waals surface area contributed by atoms with Gasteiger partial charge in [-0.3, -0.25) is 0 Å². The summed E-state index contributed by atoms with van der Waals surface area (Å²) in [6.45, 7) is 14.9. The van der Waals surface area contributed by atoms with E-state index in [2.05, 4.69) is 71.8 Å². The molecule has 0 aromatic heterocycles. The number of benzene rings is 2. The molecule has 0 saturated heterocycles. The van der Waals surface area contributed by atoms with E-state index in [1.54, 1.807) is 0 Å². The Bertz CT molecular complexity index is 642. The van der Waals surface area contributed by atoms with Crippen molar-refractivity contribution in [3.63, 3.8) is 0 Å². The summed E-state index contributed by atoms with van der Waals surface area (Å²) >= 11 is 0. The minimum atomic E-state index is 0.226. The van der Waals surface area contributed by atoms with E-state index in [1.807, 2.05) is 0 Å². The molecule has 1 aliphatic heterocycles. The molecule has 0 radical (unpaired) electrons. The molecule has 0 nitrogen and oxygen atoms in total. The molecular formula is C18H23B. The van der Waals surface area contributed by atoms with Crippen molar-refractivity contribution < 1.29 is 0 Å². The van der Waals surface area contributed by atoms with Crippen LogP contribution in [-0.2, 0) is 10.6 Å². The zero-order valence-corrected chi connectivity index (χ0v) is 13.0. The van der Waals surface area contributed by atoms with Crippen molar-refractivity contribution >= 4 is 17.5 Å². The summed E-state index contributed by atoms with van der Waals surface area (Å²) in [4.78, 5) is 0. The van der Waals surface area contributed by atoms with Crippen molar-refractivity contribution in [2.45, 2.75) is 52.1 Å². The Morgan fingerprint density at radius 1 is 0.842 bits per heavy atom. The lowest BCUT2D eigenvalue weighted by Gasteiger charge is -2.47. The van der Waals surface area contributed by atoms with Gasteiger partial charge in [-0.05, 0) is 45.0 Å². The monoisotopic (exact) mass is 250 g/mol. The third-order valence-electron chi connectivity index (χ3n) is 5.81. The fraction of sp³-hybridized carbons (Fsp3) is 0.444. The maximum Gasteiger partial charge on any atom is 0.159 e. The van der Waals surface area contributed by atoms with Crippen LogP contribution in [0.5, 0.6) is 0 Å². The Kier molecular flexibility index (Phi) is 2.46. The fourth-order valence-electron chi connectivity index (χ4n) is 4.00. The molecule has 1 heteroatoms. The minimum absolute atomic E-state index is 0.226. The Balaban J connectivity index is 2.54. The fourth-order valence-corrected chi connectivity index (χ4v) is 4.00. The number of hydrogen-bond acceptors (Lipinski definition) is 0. The van der Waals surface area contributed by atoms with E-state index < -0.39 is 0 Å². The van der Waals surface area contributed by atoms with Gasteiger partial charge in [-0.15, -0.1) is 0 Å². The molecule has 19 heavy (non-hydrogen) atoms. The molecular weight excluding hydrogens is 227 g/mol. The van der Waals surface area contributed by atoms with E-state index in [1.165, 1.54) is 27.5 Å².